The maximum Gasteiger partial charge on any atom is 0.294 e. The molecule has 2 rings (SSSR count). The SMILES string of the molecule is CCCCCCCCCCCCCCc1c(S(=O)(=O)O)ccc(Oc2ccccc2)c1O. The fourth-order valence-corrected chi connectivity index (χ4v) is 4.67. The molecule has 0 amide bonds. The third-order valence-electron chi connectivity index (χ3n) is 5.73. The fraction of sp³-hybridized carbons (Fsp3) is 0.538. The number of hydrogen-bond acceptors (Lipinski definition) is 4. The van der Waals surface area contributed by atoms with Crippen LogP contribution < -0.4 is 4.74 Å². The molecule has 0 radical (unpaired) electrons. The molecule has 178 valence electrons. The van der Waals surface area contributed by atoms with E-state index in [1.54, 1.807) is 12.1 Å². The predicted octanol–water partition coefficient (Wildman–Crippen LogP) is 7.67. The summed E-state index contributed by atoms with van der Waals surface area (Å²) in [6, 6.07) is 11.6. The van der Waals surface area contributed by atoms with Crippen LogP contribution in [0.2, 0.25) is 0 Å². The summed E-state index contributed by atoms with van der Waals surface area (Å²) in [6.45, 7) is 2.24. The van der Waals surface area contributed by atoms with Crippen LogP contribution in [-0.2, 0) is 16.5 Å². The first-order chi connectivity index (χ1) is 15.4. The van der Waals surface area contributed by atoms with Crippen molar-refractivity contribution in [1.29, 1.82) is 0 Å². The van der Waals surface area contributed by atoms with Gasteiger partial charge in [0.2, 0.25) is 0 Å². The van der Waals surface area contributed by atoms with Gasteiger partial charge in [0.05, 0.1) is 0 Å². The van der Waals surface area contributed by atoms with Gasteiger partial charge in [-0.15, -0.1) is 0 Å². The molecule has 0 bridgehead atoms. The molecule has 0 aliphatic heterocycles. The zero-order valence-corrected chi connectivity index (χ0v) is 20.1. The summed E-state index contributed by atoms with van der Waals surface area (Å²) in [5.74, 6) is 0.489. The van der Waals surface area contributed by atoms with E-state index in [-0.39, 0.29) is 22.0 Å². The van der Waals surface area contributed by atoms with Gasteiger partial charge in [-0.2, -0.15) is 8.42 Å². The average Bonchev–Trinajstić information content (AvgIpc) is 2.76. The minimum atomic E-state index is -4.43. The molecule has 5 nitrogen and oxygen atoms in total. The maximum absolute atomic E-state index is 11.8. The first-order valence-electron chi connectivity index (χ1n) is 12.0. The Morgan fingerprint density at radius 2 is 1.28 bits per heavy atom. The van der Waals surface area contributed by atoms with Crippen molar-refractivity contribution in [3.63, 3.8) is 0 Å². The molecule has 0 atom stereocenters. The number of aromatic hydroxyl groups is 1. The van der Waals surface area contributed by atoms with Crippen LogP contribution in [0.3, 0.4) is 0 Å². The van der Waals surface area contributed by atoms with Gasteiger partial charge in [-0.3, -0.25) is 4.55 Å². The lowest BCUT2D eigenvalue weighted by Crippen LogP contribution is -2.04. The van der Waals surface area contributed by atoms with Crippen molar-refractivity contribution < 1.29 is 22.8 Å². The number of para-hydroxylation sites is 1. The Hall–Kier alpha value is -2.05. The lowest BCUT2D eigenvalue weighted by atomic mass is 10.0. The van der Waals surface area contributed by atoms with Crippen LogP contribution in [0.4, 0.5) is 0 Å². The average molecular weight is 463 g/mol. The molecule has 0 fully saturated rings. The van der Waals surface area contributed by atoms with Gasteiger partial charge in [0.25, 0.3) is 10.1 Å². The summed E-state index contributed by atoms with van der Waals surface area (Å²) < 4.78 is 38.9. The lowest BCUT2D eigenvalue weighted by Gasteiger charge is -2.14. The molecule has 0 saturated heterocycles. The summed E-state index contributed by atoms with van der Waals surface area (Å²) in [6.07, 6.45) is 14.8. The van der Waals surface area contributed by atoms with Crippen molar-refractivity contribution in [3.05, 3.63) is 48.0 Å². The Morgan fingerprint density at radius 1 is 0.750 bits per heavy atom. The first-order valence-corrected chi connectivity index (χ1v) is 13.4. The molecular formula is C26H38O5S. The van der Waals surface area contributed by atoms with E-state index in [1.165, 1.54) is 69.9 Å². The molecule has 6 heteroatoms. The first kappa shape index (κ1) is 26.2. The van der Waals surface area contributed by atoms with E-state index in [1.807, 2.05) is 18.2 Å². The topological polar surface area (TPSA) is 83.8 Å². The van der Waals surface area contributed by atoms with Crippen LogP contribution >= 0.6 is 0 Å². The van der Waals surface area contributed by atoms with E-state index in [0.717, 1.165) is 19.3 Å². The fourth-order valence-electron chi connectivity index (χ4n) is 3.92. The van der Waals surface area contributed by atoms with Gasteiger partial charge in [0.1, 0.15) is 10.6 Å². The third-order valence-corrected chi connectivity index (χ3v) is 6.67. The number of phenolic OH excluding ortho intramolecular Hbond substituents is 1. The molecule has 32 heavy (non-hydrogen) atoms. The smallest absolute Gasteiger partial charge is 0.294 e. The second kappa shape index (κ2) is 14.2. The predicted molar refractivity (Wildman–Crippen MR) is 129 cm³/mol. The van der Waals surface area contributed by atoms with Crippen LogP contribution in [0.1, 0.15) is 89.5 Å². The molecule has 0 spiro atoms. The Kier molecular flexibility index (Phi) is 11.6. The minimum Gasteiger partial charge on any atom is -0.504 e. The van der Waals surface area contributed by atoms with Gasteiger partial charge in [-0.25, -0.2) is 0 Å². The number of hydrogen-bond donors (Lipinski definition) is 2. The van der Waals surface area contributed by atoms with E-state index < -0.39 is 10.1 Å². The normalized spacial score (nSPS) is 11.6. The number of ether oxygens (including phenoxy) is 1. The minimum absolute atomic E-state index is 0.178. The standard InChI is InChI=1S/C26H38O5S/c1-2-3-4-5-6-7-8-9-10-11-12-16-19-23-25(32(28,29)30)21-20-24(26(23)27)31-22-17-14-13-15-18-22/h13-15,17-18,20-21,27H,2-12,16,19H2,1H3,(H,28,29,30). The number of phenols is 1. The van der Waals surface area contributed by atoms with E-state index in [2.05, 4.69) is 6.92 Å². The number of benzene rings is 2. The highest BCUT2D eigenvalue weighted by molar-refractivity contribution is 7.85. The van der Waals surface area contributed by atoms with Crippen LogP contribution in [0.25, 0.3) is 0 Å². The van der Waals surface area contributed by atoms with E-state index in [4.69, 9.17) is 4.74 Å². The van der Waals surface area contributed by atoms with Gasteiger partial charge in [-0.05, 0) is 37.1 Å². The maximum atomic E-state index is 11.8. The highest BCUT2D eigenvalue weighted by atomic mass is 32.2. The Bertz CT molecular complexity index is 894. The highest BCUT2D eigenvalue weighted by Gasteiger charge is 2.21. The summed E-state index contributed by atoms with van der Waals surface area (Å²) in [5, 5.41) is 10.7. The zero-order chi connectivity index (χ0) is 23.2. The molecule has 2 aromatic rings. The third kappa shape index (κ3) is 9.21. The largest absolute Gasteiger partial charge is 0.504 e. The second-order valence-electron chi connectivity index (χ2n) is 8.42. The van der Waals surface area contributed by atoms with Crippen LogP contribution in [0.5, 0.6) is 17.2 Å². The lowest BCUT2D eigenvalue weighted by molar-refractivity contribution is 0.402. The molecule has 2 N–H and O–H groups in total. The van der Waals surface area contributed by atoms with Crippen LogP contribution in [0, 0.1) is 0 Å². The molecule has 0 aliphatic carbocycles. The van der Waals surface area contributed by atoms with Crippen molar-refractivity contribution in [3.8, 4) is 17.2 Å². The Balaban J connectivity index is 1.82. The molecule has 0 heterocycles. The van der Waals surface area contributed by atoms with Gasteiger partial charge in [0.15, 0.2) is 11.5 Å². The Morgan fingerprint density at radius 3 is 1.81 bits per heavy atom. The van der Waals surface area contributed by atoms with Crippen molar-refractivity contribution in [2.45, 2.75) is 95.3 Å². The van der Waals surface area contributed by atoms with Crippen molar-refractivity contribution in [2.24, 2.45) is 0 Å². The summed E-state index contributed by atoms with van der Waals surface area (Å²) in [4.78, 5) is -0.251. The monoisotopic (exact) mass is 462 g/mol. The molecular weight excluding hydrogens is 424 g/mol. The van der Waals surface area contributed by atoms with E-state index in [0.29, 0.717) is 12.2 Å². The molecule has 0 aromatic heterocycles. The van der Waals surface area contributed by atoms with Gasteiger partial charge < -0.3 is 9.84 Å². The van der Waals surface area contributed by atoms with Crippen molar-refractivity contribution >= 4 is 10.1 Å². The quantitative estimate of drug-likeness (QED) is 0.197. The molecule has 0 unspecified atom stereocenters. The number of rotatable bonds is 16. The number of unbranched alkanes of at least 4 members (excludes halogenated alkanes) is 11. The van der Waals surface area contributed by atoms with Gasteiger partial charge in [-0.1, -0.05) is 95.8 Å². The summed E-state index contributed by atoms with van der Waals surface area (Å²) in [7, 11) is -4.43. The van der Waals surface area contributed by atoms with E-state index >= 15 is 0 Å². The highest BCUT2D eigenvalue weighted by Crippen LogP contribution is 2.38. The molecule has 0 aliphatic rings. The summed E-state index contributed by atoms with van der Waals surface area (Å²) in [5.41, 5.74) is 0.216. The van der Waals surface area contributed by atoms with E-state index in [9.17, 15) is 18.1 Å². The summed E-state index contributed by atoms with van der Waals surface area (Å²) >= 11 is 0. The Labute approximate surface area is 193 Å². The van der Waals surface area contributed by atoms with Crippen LogP contribution in [0.15, 0.2) is 47.4 Å². The molecule has 2 aromatic carbocycles. The molecule has 0 saturated carbocycles. The van der Waals surface area contributed by atoms with Crippen molar-refractivity contribution in [2.75, 3.05) is 0 Å². The van der Waals surface area contributed by atoms with Crippen molar-refractivity contribution in [1.82, 2.24) is 0 Å². The second-order valence-corrected chi connectivity index (χ2v) is 9.81. The van der Waals surface area contributed by atoms with Crippen LogP contribution in [-0.4, -0.2) is 18.1 Å². The van der Waals surface area contributed by atoms with Gasteiger partial charge >= 0.3 is 0 Å². The van der Waals surface area contributed by atoms with Gasteiger partial charge in [0, 0.05) is 5.56 Å². The zero-order valence-electron chi connectivity index (χ0n) is 19.3.